The van der Waals surface area contributed by atoms with Gasteiger partial charge in [0.1, 0.15) is 5.82 Å². The third kappa shape index (κ3) is 5.75. The third-order valence-corrected chi connectivity index (χ3v) is 5.55. The highest BCUT2D eigenvalue weighted by Gasteiger charge is 2.88. The monoisotopic (exact) mass is 583 g/mol. The Morgan fingerprint density at radius 2 is 1.51 bits per heavy atom. The van der Waals surface area contributed by atoms with Crippen LogP contribution in [0.15, 0.2) is 36.4 Å². The summed E-state index contributed by atoms with van der Waals surface area (Å²) < 4.78 is 171. The molecule has 1 N–H and O–H groups in total. The van der Waals surface area contributed by atoms with Crippen LogP contribution in [0.3, 0.4) is 0 Å². The molecule has 0 bridgehead atoms. The molecule has 0 spiro atoms. The van der Waals surface area contributed by atoms with E-state index in [0.29, 0.717) is 12.1 Å². The lowest BCUT2D eigenvalue weighted by atomic mass is 9.94. The Morgan fingerprint density at radius 1 is 0.923 bits per heavy atom. The Balaban J connectivity index is 2.13. The zero-order chi connectivity index (χ0) is 29.7. The highest BCUT2D eigenvalue weighted by Crippen LogP contribution is 2.59. The van der Waals surface area contributed by atoms with Crippen molar-refractivity contribution in [3.8, 4) is 5.75 Å². The number of epoxide rings is 1. The van der Waals surface area contributed by atoms with Gasteiger partial charge in [-0.3, -0.25) is 4.79 Å². The molecule has 2 atom stereocenters. The van der Waals surface area contributed by atoms with Crippen LogP contribution >= 0.6 is 0 Å². The zero-order valence-corrected chi connectivity index (χ0v) is 19.5. The molecule has 3 rings (SSSR count). The van der Waals surface area contributed by atoms with Crippen molar-refractivity contribution in [3.05, 3.63) is 64.7 Å². The number of rotatable bonds is 8. The second kappa shape index (κ2) is 10.1. The summed E-state index contributed by atoms with van der Waals surface area (Å²) in [5, 5.41) is 1.70. The standard InChI is InChI=1S/C23H17F12NO3/c1-9(2)38-15-7-10(3-4-14(15)25)16(11-5-12(8-13(24)6-11)20(28,29)19(26)27)36-18(37)17-21(39-17,22(30,31)32)23(33,34)35/h3-9,16-17,19H,1-2H3,(H,36,37). The van der Waals surface area contributed by atoms with Crippen molar-refractivity contribution in [1.29, 1.82) is 0 Å². The molecule has 1 heterocycles. The van der Waals surface area contributed by atoms with Crippen molar-refractivity contribution in [2.24, 2.45) is 0 Å². The maximum atomic E-state index is 14.3. The van der Waals surface area contributed by atoms with Gasteiger partial charge in [0.2, 0.25) is 0 Å². The van der Waals surface area contributed by atoms with Crippen LogP contribution < -0.4 is 10.1 Å². The van der Waals surface area contributed by atoms with Crippen LogP contribution in [0.5, 0.6) is 5.75 Å². The molecule has 1 saturated heterocycles. The van der Waals surface area contributed by atoms with E-state index >= 15 is 0 Å². The molecular formula is C23H17F12NO3. The summed E-state index contributed by atoms with van der Waals surface area (Å²) >= 11 is 0. The SMILES string of the molecule is CC(C)Oc1cc(C(NC(=O)C2OC2(C(F)(F)F)C(F)(F)F)c2cc(F)cc(C(F)(F)C(F)F)c2)ccc1F. The van der Waals surface area contributed by atoms with E-state index in [4.69, 9.17) is 4.74 Å². The van der Waals surface area contributed by atoms with Crippen LogP contribution in [0.1, 0.15) is 36.6 Å². The van der Waals surface area contributed by atoms with E-state index in [9.17, 15) is 57.5 Å². The van der Waals surface area contributed by atoms with Gasteiger partial charge in [0.25, 0.3) is 11.5 Å². The van der Waals surface area contributed by atoms with Crippen molar-refractivity contribution >= 4 is 5.91 Å². The molecule has 2 aromatic carbocycles. The van der Waals surface area contributed by atoms with Crippen LogP contribution in [-0.4, -0.2) is 42.5 Å². The molecule has 0 aliphatic carbocycles. The number of hydrogen-bond donors (Lipinski definition) is 1. The van der Waals surface area contributed by atoms with E-state index < -0.39 is 88.5 Å². The number of halogens is 12. The summed E-state index contributed by atoms with van der Waals surface area (Å²) in [6.07, 6.45) is -20.4. The molecule has 2 unspecified atom stereocenters. The van der Waals surface area contributed by atoms with Gasteiger partial charge in [-0.1, -0.05) is 6.07 Å². The molecule has 39 heavy (non-hydrogen) atoms. The van der Waals surface area contributed by atoms with Crippen molar-refractivity contribution in [1.82, 2.24) is 5.32 Å². The lowest BCUT2D eigenvalue weighted by Gasteiger charge is -2.24. The van der Waals surface area contributed by atoms with Crippen molar-refractivity contribution in [2.75, 3.05) is 0 Å². The largest absolute Gasteiger partial charge is 0.488 e. The molecule has 2 aromatic rings. The number of nitrogens with one attached hydrogen (secondary N) is 1. The summed E-state index contributed by atoms with van der Waals surface area (Å²) in [4.78, 5) is 12.6. The number of amides is 1. The van der Waals surface area contributed by atoms with E-state index in [-0.39, 0.29) is 12.1 Å². The molecule has 216 valence electrons. The van der Waals surface area contributed by atoms with Crippen LogP contribution in [0.2, 0.25) is 0 Å². The van der Waals surface area contributed by atoms with Gasteiger partial charge >= 0.3 is 24.7 Å². The van der Waals surface area contributed by atoms with E-state index in [1.165, 1.54) is 13.8 Å². The van der Waals surface area contributed by atoms with Crippen LogP contribution in [0.4, 0.5) is 52.7 Å². The number of benzene rings is 2. The second-order valence-electron chi connectivity index (χ2n) is 8.72. The van der Waals surface area contributed by atoms with Crippen molar-refractivity contribution in [2.45, 2.75) is 62.4 Å². The second-order valence-corrected chi connectivity index (χ2v) is 8.72. The molecule has 16 heteroatoms. The topological polar surface area (TPSA) is 50.9 Å². The highest BCUT2D eigenvalue weighted by molar-refractivity contribution is 5.86. The van der Waals surface area contributed by atoms with Gasteiger partial charge in [-0.2, -0.15) is 35.1 Å². The molecule has 0 radical (unpaired) electrons. The Kier molecular flexibility index (Phi) is 7.86. The zero-order valence-electron chi connectivity index (χ0n) is 19.5. The summed E-state index contributed by atoms with van der Waals surface area (Å²) in [7, 11) is 0. The molecule has 1 aliphatic heterocycles. The van der Waals surface area contributed by atoms with E-state index in [2.05, 4.69) is 4.74 Å². The lowest BCUT2D eigenvalue weighted by Crippen LogP contribution is -2.51. The quantitative estimate of drug-likeness (QED) is 0.283. The Labute approximate surface area is 211 Å². The Morgan fingerprint density at radius 3 is 2.00 bits per heavy atom. The predicted molar refractivity (Wildman–Crippen MR) is 108 cm³/mol. The van der Waals surface area contributed by atoms with Crippen molar-refractivity contribution < 1.29 is 67.0 Å². The number of alkyl halides is 10. The van der Waals surface area contributed by atoms with Crippen molar-refractivity contribution in [3.63, 3.8) is 0 Å². The summed E-state index contributed by atoms with van der Waals surface area (Å²) in [6.45, 7) is 2.91. The van der Waals surface area contributed by atoms with Crippen LogP contribution in [0.25, 0.3) is 0 Å². The first-order chi connectivity index (χ1) is 17.7. The first-order valence-electron chi connectivity index (χ1n) is 10.8. The minimum Gasteiger partial charge on any atom is -0.488 e. The fourth-order valence-electron chi connectivity index (χ4n) is 3.70. The Hall–Kier alpha value is -3.17. The molecule has 0 saturated carbocycles. The molecular weight excluding hydrogens is 566 g/mol. The minimum atomic E-state index is -6.11. The maximum absolute atomic E-state index is 14.3. The predicted octanol–water partition coefficient (Wildman–Crippen LogP) is 6.58. The Bertz CT molecular complexity index is 1210. The maximum Gasteiger partial charge on any atom is 0.429 e. The van der Waals surface area contributed by atoms with Gasteiger partial charge in [-0.25, -0.2) is 17.6 Å². The minimum absolute atomic E-state index is 0.0227. The number of ether oxygens (including phenoxy) is 2. The van der Waals surface area contributed by atoms with E-state index in [1.54, 1.807) is 5.32 Å². The van der Waals surface area contributed by atoms with Gasteiger partial charge < -0.3 is 14.8 Å². The third-order valence-electron chi connectivity index (χ3n) is 5.55. The number of hydrogen-bond acceptors (Lipinski definition) is 3. The molecule has 1 aliphatic rings. The number of carbonyl (C=O) groups is 1. The van der Waals surface area contributed by atoms with Gasteiger partial charge in [-0.15, -0.1) is 0 Å². The van der Waals surface area contributed by atoms with Gasteiger partial charge in [0.05, 0.1) is 12.1 Å². The summed E-state index contributed by atoms with van der Waals surface area (Å²) in [6, 6.07) is 0.984. The first-order valence-corrected chi connectivity index (χ1v) is 10.8. The normalized spacial score (nSPS) is 18.3. The smallest absolute Gasteiger partial charge is 0.429 e. The van der Waals surface area contributed by atoms with E-state index in [1.807, 2.05) is 0 Å². The molecule has 0 aromatic heterocycles. The first kappa shape index (κ1) is 30.4. The van der Waals surface area contributed by atoms with Crippen LogP contribution in [0, 0.1) is 11.6 Å². The van der Waals surface area contributed by atoms with Crippen LogP contribution in [-0.2, 0) is 15.5 Å². The summed E-state index contributed by atoms with van der Waals surface area (Å²) in [5.74, 6) is -10.1. The lowest BCUT2D eigenvalue weighted by molar-refractivity contribution is -0.292. The molecule has 1 amide bonds. The van der Waals surface area contributed by atoms with Gasteiger partial charge in [0, 0.05) is 5.56 Å². The highest BCUT2D eigenvalue weighted by atomic mass is 19.4. The average Bonchev–Trinajstić information content (AvgIpc) is 3.56. The van der Waals surface area contributed by atoms with Gasteiger partial charge in [-0.05, 0) is 55.3 Å². The molecule has 1 fully saturated rings. The van der Waals surface area contributed by atoms with Gasteiger partial charge in [0.15, 0.2) is 17.7 Å². The summed E-state index contributed by atoms with van der Waals surface area (Å²) in [5.41, 5.74) is -7.71. The van der Waals surface area contributed by atoms with E-state index in [0.717, 1.165) is 12.1 Å². The fourth-order valence-corrected chi connectivity index (χ4v) is 3.70. The molecule has 4 nitrogen and oxygen atoms in total. The fraction of sp³-hybridized carbons (Fsp3) is 0.435. The number of carbonyl (C=O) groups excluding carboxylic acids is 1. The average molecular weight is 583 g/mol.